The summed E-state index contributed by atoms with van der Waals surface area (Å²) in [5, 5.41) is 10.2. The highest BCUT2D eigenvalue weighted by Gasteiger charge is 2.32. The van der Waals surface area contributed by atoms with Gasteiger partial charge in [-0.3, -0.25) is 4.79 Å². The lowest BCUT2D eigenvalue weighted by molar-refractivity contribution is 0.00116. The number of benzene rings is 1. The van der Waals surface area contributed by atoms with Crippen molar-refractivity contribution in [1.82, 2.24) is 0 Å². The normalized spacial score (nSPS) is 17.7. The van der Waals surface area contributed by atoms with E-state index < -0.39 is 5.60 Å². The molecule has 0 radical (unpaired) electrons. The fraction of sp³-hybridized carbons (Fsp3) is 0.500. The number of carbonyl (C=O) groups is 1. The Kier molecular flexibility index (Phi) is 4.07. The monoisotopic (exact) mass is 312 g/mol. The molecule has 0 saturated heterocycles. The smallest absolute Gasteiger partial charge is 0.163 e. The Morgan fingerprint density at radius 3 is 2.72 bits per heavy atom. The van der Waals surface area contributed by atoms with Crippen molar-refractivity contribution in [2.75, 3.05) is 6.61 Å². The van der Waals surface area contributed by atoms with Gasteiger partial charge in [0, 0.05) is 4.47 Å². The molecule has 0 atom stereocenters. The molecule has 1 aromatic rings. The van der Waals surface area contributed by atoms with Crippen molar-refractivity contribution >= 4 is 21.7 Å². The second-order valence-corrected chi connectivity index (χ2v) is 5.83. The number of ketones is 1. The number of carbonyl (C=O) groups excluding carboxylic acids is 1. The van der Waals surface area contributed by atoms with Gasteiger partial charge in [-0.2, -0.15) is 0 Å². The molecule has 0 aromatic heterocycles. The molecule has 2 rings (SSSR count). The molecule has 0 unspecified atom stereocenters. The molecule has 1 saturated carbocycles. The van der Waals surface area contributed by atoms with Crippen LogP contribution in [0, 0.1) is 0 Å². The summed E-state index contributed by atoms with van der Waals surface area (Å²) in [6.07, 6.45) is 3.64. The molecule has 1 aliphatic rings. The van der Waals surface area contributed by atoms with Gasteiger partial charge in [-0.25, -0.2) is 0 Å². The first-order valence-electron chi connectivity index (χ1n) is 6.16. The second-order valence-electron chi connectivity index (χ2n) is 4.92. The molecular formula is C14H17BrO3. The zero-order chi connectivity index (χ0) is 13.2. The number of hydrogen-bond donors (Lipinski definition) is 1. The average molecular weight is 313 g/mol. The molecule has 98 valence electrons. The highest BCUT2D eigenvalue weighted by Crippen LogP contribution is 2.31. The third kappa shape index (κ3) is 3.12. The third-order valence-corrected chi connectivity index (χ3v) is 3.84. The fourth-order valence-corrected chi connectivity index (χ4v) is 2.65. The van der Waals surface area contributed by atoms with E-state index in [0.29, 0.717) is 11.3 Å². The molecule has 18 heavy (non-hydrogen) atoms. The number of rotatable bonds is 4. The van der Waals surface area contributed by atoms with Crippen LogP contribution in [-0.4, -0.2) is 23.1 Å². The molecule has 1 aromatic carbocycles. The lowest BCUT2D eigenvalue weighted by Gasteiger charge is -2.23. The topological polar surface area (TPSA) is 46.5 Å². The van der Waals surface area contributed by atoms with E-state index in [-0.39, 0.29) is 12.4 Å². The quantitative estimate of drug-likeness (QED) is 0.867. The minimum atomic E-state index is -0.721. The summed E-state index contributed by atoms with van der Waals surface area (Å²) in [5.74, 6) is 0.510. The summed E-state index contributed by atoms with van der Waals surface area (Å²) in [5.41, 5.74) is -0.174. The van der Waals surface area contributed by atoms with Crippen LogP contribution in [0.25, 0.3) is 0 Å². The van der Waals surface area contributed by atoms with E-state index in [4.69, 9.17) is 4.74 Å². The maximum Gasteiger partial charge on any atom is 0.163 e. The van der Waals surface area contributed by atoms with Crippen LogP contribution in [0.15, 0.2) is 22.7 Å². The van der Waals surface area contributed by atoms with Crippen molar-refractivity contribution in [3.63, 3.8) is 0 Å². The molecule has 1 fully saturated rings. The minimum Gasteiger partial charge on any atom is -0.490 e. The van der Waals surface area contributed by atoms with Gasteiger partial charge in [-0.15, -0.1) is 0 Å². The molecule has 0 spiro atoms. The van der Waals surface area contributed by atoms with Crippen LogP contribution >= 0.6 is 15.9 Å². The van der Waals surface area contributed by atoms with Crippen molar-refractivity contribution in [3.05, 3.63) is 28.2 Å². The van der Waals surface area contributed by atoms with E-state index in [1.54, 1.807) is 12.1 Å². The molecule has 0 bridgehead atoms. The maximum atomic E-state index is 11.5. The molecule has 3 nitrogen and oxygen atoms in total. The van der Waals surface area contributed by atoms with Gasteiger partial charge in [0.2, 0.25) is 0 Å². The Balaban J connectivity index is 2.11. The minimum absolute atomic E-state index is 0.0373. The van der Waals surface area contributed by atoms with Crippen LogP contribution in [0.5, 0.6) is 5.75 Å². The van der Waals surface area contributed by atoms with Gasteiger partial charge in [0.1, 0.15) is 12.4 Å². The summed E-state index contributed by atoms with van der Waals surface area (Å²) >= 11 is 3.34. The number of ether oxygens (including phenoxy) is 1. The van der Waals surface area contributed by atoms with Crippen molar-refractivity contribution in [3.8, 4) is 5.75 Å². The van der Waals surface area contributed by atoms with E-state index in [9.17, 15) is 9.90 Å². The molecule has 0 heterocycles. The molecular weight excluding hydrogens is 296 g/mol. The Bertz CT molecular complexity index is 450. The number of Topliss-reactive ketones (excluding diaryl/α,β-unsaturated/α-hetero) is 1. The van der Waals surface area contributed by atoms with E-state index >= 15 is 0 Å². The molecule has 1 N–H and O–H groups in total. The standard InChI is InChI=1S/C14H17BrO3/c1-10(16)12-8-11(15)4-5-13(12)18-9-14(17)6-2-3-7-14/h4-5,8,17H,2-3,6-7,9H2,1H3. The molecule has 1 aliphatic carbocycles. The van der Waals surface area contributed by atoms with E-state index in [0.717, 1.165) is 30.2 Å². The summed E-state index contributed by atoms with van der Waals surface area (Å²) in [4.78, 5) is 11.5. The summed E-state index contributed by atoms with van der Waals surface area (Å²) in [7, 11) is 0. The van der Waals surface area contributed by atoms with E-state index in [2.05, 4.69) is 15.9 Å². The highest BCUT2D eigenvalue weighted by molar-refractivity contribution is 9.10. The van der Waals surface area contributed by atoms with Gasteiger partial charge in [0.15, 0.2) is 5.78 Å². The van der Waals surface area contributed by atoms with Crippen LogP contribution in [-0.2, 0) is 0 Å². The predicted octanol–water partition coefficient (Wildman–Crippen LogP) is 3.34. The SMILES string of the molecule is CC(=O)c1cc(Br)ccc1OCC1(O)CCCC1. The number of halogens is 1. The Hall–Kier alpha value is -0.870. The first kappa shape index (κ1) is 13.6. The summed E-state index contributed by atoms with van der Waals surface area (Å²) in [6.45, 7) is 1.77. The van der Waals surface area contributed by atoms with Gasteiger partial charge in [-0.1, -0.05) is 28.8 Å². The molecule has 0 amide bonds. The van der Waals surface area contributed by atoms with Gasteiger partial charge >= 0.3 is 0 Å². The summed E-state index contributed by atoms with van der Waals surface area (Å²) < 4.78 is 6.50. The van der Waals surface area contributed by atoms with Crippen molar-refractivity contribution in [1.29, 1.82) is 0 Å². The van der Waals surface area contributed by atoms with Gasteiger partial charge < -0.3 is 9.84 Å². The lowest BCUT2D eigenvalue weighted by atomic mass is 10.0. The zero-order valence-electron chi connectivity index (χ0n) is 10.4. The predicted molar refractivity (Wildman–Crippen MR) is 73.1 cm³/mol. The van der Waals surface area contributed by atoms with Crippen LogP contribution in [0.3, 0.4) is 0 Å². The average Bonchev–Trinajstić information content (AvgIpc) is 2.75. The van der Waals surface area contributed by atoms with Gasteiger partial charge in [-0.05, 0) is 38.0 Å². The second kappa shape index (κ2) is 5.41. The van der Waals surface area contributed by atoms with Crippen LogP contribution in [0.2, 0.25) is 0 Å². The molecule has 4 heteroatoms. The zero-order valence-corrected chi connectivity index (χ0v) is 12.0. The summed E-state index contributed by atoms with van der Waals surface area (Å²) in [6, 6.07) is 5.34. The Morgan fingerprint density at radius 2 is 2.11 bits per heavy atom. The Morgan fingerprint density at radius 1 is 1.44 bits per heavy atom. The third-order valence-electron chi connectivity index (χ3n) is 3.35. The first-order valence-corrected chi connectivity index (χ1v) is 6.95. The van der Waals surface area contributed by atoms with Gasteiger partial charge in [0.25, 0.3) is 0 Å². The fourth-order valence-electron chi connectivity index (χ4n) is 2.29. The number of aliphatic hydroxyl groups is 1. The van der Waals surface area contributed by atoms with Crippen LogP contribution in [0.4, 0.5) is 0 Å². The largest absolute Gasteiger partial charge is 0.490 e. The van der Waals surface area contributed by atoms with Crippen LogP contribution < -0.4 is 4.74 Å². The van der Waals surface area contributed by atoms with Gasteiger partial charge in [0.05, 0.1) is 11.2 Å². The van der Waals surface area contributed by atoms with Crippen LogP contribution in [0.1, 0.15) is 43.0 Å². The van der Waals surface area contributed by atoms with Crippen molar-refractivity contribution in [2.45, 2.75) is 38.2 Å². The lowest BCUT2D eigenvalue weighted by Crippen LogP contribution is -2.32. The van der Waals surface area contributed by atoms with E-state index in [1.165, 1.54) is 6.92 Å². The first-order chi connectivity index (χ1) is 8.50. The van der Waals surface area contributed by atoms with E-state index in [1.807, 2.05) is 6.07 Å². The van der Waals surface area contributed by atoms with Crippen molar-refractivity contribution < 1.29 is 14.6 Å². The maximum absolute atomic E-state index is 11.5. The molecule has 0 aliphatic heterocycles. The Labute approximate surface area is 115 Å². The van der Waals surface area contributed by atoms with Crippen molar-refractivity contribution in [2.24, 2.45) is 0 Å². The number of hydrogen-bond acceptors (Lipinski definition) is 3. The highest BCUT2D eigenvalue weighted by atomic mass is 79.9.